The van der Waals surface area contributed by atoms with Gasteiger partial charge in [-0.15, -0.1) is 0 Å². The van der Waals surface area contributed by atoms with Gasteiger partial charge in [0, 0.05) is 17.0 Å². The smallest absolute Gasteiger partial charge is 0.342 e. The standard InChI is InChI=1S/C19H15ClN2O5/c1-10(18(25)22-16-7-6-11(20)9-21-16)27-19(26)14-8-15(23)12-4-2-3-5-13(12)17(14)24/h2-10,23-24H,1H3,(H,21,22,25)/t10-/m0/s1. The SMILES string of the molecule is C[C@H](OC(=O)c1cc(O)c2ccccc2c1O)C(=O)Nc1ccc(Cl)cn1. The van der Waals surface area contributed by atoms with Crippen LogP contribution in [0.4, 0.5) is 5.82 Å². The van der Waals surface area contributed by atoms with Crippen LogP contribution in [0.1, 0.15) is 17.3 Å². The number of pyridine rings is 1. The number of benzene rings is 2. The lowest BCUT2D eigenvalue weighted by atomic mass is 10.0. The van der Waals surface area contributed by atoms with E-state index < -0.39 is 18.0 Å². The molecule has 3 aromatic rings. The van der Waals surface area contributed by atoms with Crippen molar-refractivity contribution >= 4 is 40.1 Å². The topological polar surface area (TPSA) is 109 Å². The predicted molar refractivity (Wildman–Crippen MR) is 100 cm³/mol. The number of phenolic OH excluding ortho intramolecular Hbond substituents is 2. The lowest BCUT2D eigenvalue weighted by Gasteiger charge is -2.14. The molecule has 0 radical (unpaired) electrons. The van der Waals surface area contributed by atoms with Gasteiger partial charge in [-0.2, -0.15) is 0 Å². The number of aromatic hydroxyl groups is 2. The van der Waals surface area contributed by atoms with Gasteiger partial charge < -0.3 is 20.3 Å². The number of halogens is 1. The Hall–Kier alpha value is -3.32. The monoisotopic (exact) mass is 386 g/mol. The van der Waals surface area contributed by atoms with Crippen LogP contribution in [-0.4, -0.2) is 33.2 Å². The zero-order chi connectivity index (χ0) is 19.6. The van der Waals surface area contributed by atoms with Crippen LogP contribution < -0.4 is 5.32 Å². The highest BCUT2D eigenvalue weighted by Crippen LogP contribution is 2.35. The quantitative estimate of drug-likeness (QED) is 0.468. The van der Waals surface area contributed by atoms with Gasteiger partial charge in [0.2, 0.25) is 0 Å². The normalized spacial score (nSPS) is 11.8. The maximum Gasteiger partial charge on any atom is 0.342 e. The van der Waals surface area contributed by atoms with E-state index in [-0.39, 0.29) is 22.9 Å². The Morgan fingerprint density at radius 3 is 2.52 bits per heavy atom. The maximum absolute atomic E-state index is 12.4. The summed E-state index contributed by atoms with van der Waals surface area (Å²) in [5.74, 6) is -1.82. The molecule has 3 rings (SSSR count). The molecule has 0 aliphatic rings. The summed E-state index contributed by atoms with van der Waals surface area (Å²) in [6.45, 7) is 1.38. The molecular weight excluding hydrogens is 372 g/mol. The highest BCUT2D eigenvalue weighted by Gasteiger charge is 2.23. The van der Waals surface area contributed by atoms with Crippen LogP contribution in [0.3, 0.4) is 0 Å². The number of hydrogen-bond acceptors (Lipinski definition) is 6. The van der Waals surface area contributed by atoms with E-state index >= 15 is 0 Å². The van der Waals surface area contributed by atoms with E-state index in [1.54, 1.807) is 30.3 Å². The van der Waals surface area contributed by atoms with Gasteiger partial charge in [-0.25, -0.2) is 9.78 Å². The van der Waals surface area contributed by atoms with Crippen LogP contribution in [0.5, 0.6) is 11.5 Å². The van der Waals surface area contributed by atoms with Crippen molar-refractivity contribution in [2.24, 2.45) is 0 Å². The molecule has 138 valence electrons. The van der Waals surface area contributed by atoms with Crippen LogP contribution in [0.25, 0.3) is 10.8 Å². The minimum atomic E-state index is -1.16. The first-order valence-corrected chi connectivity index (χ1v) is 8.31. The third-order valence-corrected chi connectivity index (χ3v) is 4.07. The Bertz CT molecular complexity index is 1020. The van der Waals surface area contributed by atoms with Crippen molar-refractivity contribution < 1.29 is 24.5 Å². The van der Waals surface area contributed by atoms with E-state index in [1.165, 1.54) is 19.2 Å². The highest BCUT2D eigenvalue weighted by atomic mass is 35.5. The van der Waals surface area contributed by atoms with E-state index in [0.29, 0.717) is 15.8 Å². The van der Waals surface area contributed by atoms with Crippen LogP contribution in [0, 0.1) is 0 Å². The number of carbonyl (C=O) groups is 2. The summed E-state index contributed by atoms with van der Waals surface area (Å²) < 4.78 is 5.10. The molecule has 0 bridgehead atoms. The number of carbonyl (C=O) groups excluding carboxylic acids is 2. The Labute approximate surface area is 159 Å². The van der Waals surface area contributed by atoms with Crippen molar-refractivity contribution in [1.82, 2.24) is 4.98 Å². The van der Waals surface area contributed by atoms with Gasteiger partial charge in [-0.1, -0.05) is 35.9 Å². The van der Waals surface area contributed by atoms with Crippen LogP contribution in [-0.2, 0) is 9.53 Å². The third-order valence-electron chi connectivity index (χ3n) is 3.85. The number of amides is 1. The molecule has 0 fully saturated rings. The second-order valence-corrected chi connectivity index (χ2v) is 6.17. The second-order valence-electron chi connectivity index (χ2n) is 5.74. The van der Waals surface area contributed by atoms with Crippen molar-refractivity contribution in [3.05, 3.63) is 59.2 Å². The number of esters is 1. The molecule has 7 nitrogen and oxygen atoms in total. The van der Waals surface area contributed by atoms with Crippen molar-refractivity contribution in [2.45, 2.75) is 13.0 Å². The number of ether oxygens (including phenoxy) is 1. The van der Waals surface area contributed by atoms with Gasteiger partial charge in [0.1, 0.15) is 22.9 Å². The second kappa shape index (κ2) is 7.51. The van der Waals surface area contributed by atoms with E-state index in [2.05, 4.69) is 10.3 Å². The maximum atomic E-state index is 12.4. The van der Waals surface area contributed by atoms with E-state index in [1.807, 2.05) is 0 Å². The number of nitrogens with one attached hydrogen (secondary N) is 1. The molecule has 8 heteroatoms. The molecule has 0 spiro atoms. The molecule has 3 N–H and O–H groups in total. The number of anilines is 1. The summed E-state index contributed by atoms with van der Waals surface area (Å²) in [5.41, 5.74) is -0.240. The fourth-order valence-electron chi connectivity index (χ4n) is 2.45. The summed E-state index contributed by atoms with van der Waals surface area (Å²) in [7, 11) is 0. The number of hydrogen-bond donors (Lipinski definition) is 3. The molecule has 1 aromatic heterocycles. The minimum Gasteiger partial charge on any atom is -0.507 e. The van der Waals surface area contributed by atoms with Crippen LogP contribution >= 0.6 is 11.6 Å². The average Bonchev–Trinajstić information content (AvgIpc) is 2.66. The van der Waals surface area contributed by atoms with Gasteiger partial charge in [-0.05, 0) is 25.1 Å². The zero-order valence-corrected chi connectivity index (χ0v) is 14.9. The fraction of sp³-hybridized carbons (Fsp3) is 0.105. The molecule has 1 amide bonds. The molecule has 0 aliphatic carbocycles. The van der Waals surface area contributed by atoms with Gasteiger partial charge in [0.15, 0.2) is 6.10 Å². The Morgan fingerprint density at radius 1 is 1.15 bits per heavy atom. The van der Waals surface area contributed by atoms with Crippen molar-refractivity contribution in [2.75, 3.05) is 5.32 Å². The summed E-state index contributed by atoms with van der Waals surface area (Å²) in [6.07, 6.45) is 0.201. The van der Waals surface area contributed by atoms with E-state index in [0.717, 1.165) is 6.07 Å². The Balaban J connectivity index is 1.76. The molecule has 0 saturated carbocycles. The lowest BCUT2D eigenvalue weighted by molar-refractivity contribution is -0.123. The predicted octanol–water partition coefficient (Wildman–Crippen LogP) is 3.48. The molecule has 0 unspecified atom stereocenters. The number of phenols is 2. The van der Waals surface area contributed by atoms with Gasteiger partial charge in [0.25, 0.3) is 5.91 Å². The number of rotatable bonds is 4. The van der Waals surface area contributed by atoms with Crippen LogP contribution in [0.15, 0.2) is 48.7 Å². The molecule has 1 atom stereocenters. The largest absolute Gasteiger partial charge is 0.507 e. The molecule has 0 saturated heterocycles. The van der Waals surface area contributed by atoms with E-state index in [9.17, 15) is 19.8 Å². The molecule has 0 aliphatic heterocycles. The van der Waals surface area contributed by atoms with E-state index in [4.69, 9.17) is 16.3 Å². The Morgan fingerprint density at radius 2 is 1.85 bits per heavy atom. The Kier molecular flexibility index (Phi) is 5.14. The summed E-state index contributed by atoms with van der Waals surface area (Å²) in [5, 5.41) is 24.0. The minimum absolute atomic E-state index is 0.183. The summed E-state index contributed by atoms with van der Waals surface area (Å²) in [6, 6.07) is 10.7. The van der Waals surface area contributed by atoms with Gasteiger partial charge in [-0.3, -0.25) is 4.79 Å². The first kappa shape index (κ1) is 18.5. The first-order chi connectivity index (χ1) is 12.9. The highest BCUT2D eigenvalue weighted by molar-refractivity contribution is 6.30. The van der Waals surface area contributed by atoms with Crippen molar-refractivity contribution in [3.8, 4) is 11.5 Å². The van der Waals surface area contributed by atoms with Gasteiger partial charge in [0.05, 0.1) is 5.02 Å². The molecule has 27 heavy (non-hydrogen) atoms. The first-order valence-electron chi connectivity index (χ1n) is 7.94. The average molecular weight is 387 g/mol. The summed E-state index contributed by atoms with van der Waals surface area (Å²) in [4.78, 5) is 28.4. The zero-order valence-electron chi connectivity index (χ0n) is 14.1. The molecular formula is C19H15ClN2O5. The summed E-state index contributed by atoms with van der Waals surface area (Å²) >= 11 is 5.73. The number of fused-ring (bicyclic) bond motifs is 1. The van der Waals surface area contributed by atoms with Crippen molar-refractivity contribution in [3.63, 3.8) is 0 Å². The lowest BCUT2D eigenvalue weighted by Crippen LogP contribution is -2.30. The molecule has 2 aromatic carbocycles. The third kappa shape index (κ3) is 3.93. The van der Waals surface area contributed by atoms with Crippen molar-refractivity contribution in [1.29, 1.82) is 0 Å². The number of nitrogens with zero attached hydrogens (tertiary/aromatic N) is 1. The fourth-order valence-corrected chi connectivity index (χ4v) is 2.56. The molecule has 1 heterocycles. The number of aromatic nitrogens is 1. The van der Waals surface area contributed by atoms with Gasteiger partial charge >= 0.3 is 5.97 Å². The van der Waals surface area contributed by atoms with Crippen LogP contribution in [0.2, 0.25) is 5.02 Å².